The van der Waals surface area contributed by atoms with Crippen LogP contribution in [-0.4, -0.2) is 29.1 Å². The van der Waals surface area contributed by atoms with E-state index in [9.17, 15) is 18.0 Å². The van der Waals surface area contributed by atoms with Gasteiger partial charge in [-0.3, -0.25) is 4.79 Å². The fraction of sp³-hybridized carbons (Fsp3) is 0.900. The van der Waals surface area contributed by atoms with Crippen molar-refractivity contribution in [2.24, 2.45) is 0 Å². The maximum absolute atomic E-state index is 12.2. The number of amides is 1. The average molecular weight is 221 g/mol. The number of halogens is 3. The van der Waals surface area contributed by atoms with Crippen LogP contribution in [0, 0.1) is 0 Å². The zero-order valence-corrected chi connectivity index (χ0v) is 8.39. The molecule has 5 heteroatoms. The maximum atomic E-state index is 12.2. The van der Waals surface area contributed by atoms with E-state index in [1.807, 2.05) is 0 Å². The first kappa shape index (κ1) is 10.8. The Morgan fingerprint density at radius 3 is 1.87 bits per heavy atom. The lowest BCUT2D eigenvalue weighted by Gasteiger charge is -2.07. The molecular weight excluding hydrogens is 207 g/mol. The topological polar surface area (TPSA) is 20.1 Å². The van der Waals surface area contributed by atoms with E-state index in [0.29, 0.717) is 0 Å². The number of carbonyl (C=O) groups excluding carboxylic acids is 1. The van der Waals surface area contributed by atoms with E-state index in [-0.39, 0.29) is 12.1 Å². The number of alkyl halides is 3. The van der Waals surface area contributed by atoms with Gasteiger partial charge >= 0.3 is 12.1 Å². The third-order valence-electron chi connectivity index (χ3n) is 3.30. The van der Waals surface area contributed by atoms with Crippen LogP contribution >= 0.6 is 0 Å². The number of rotatable bonds is 0. The highest BCUT2D eigenvalue weighted by molar-refractivity contribution is 5.85. The molecule has 2 unspecified atom stereocenters. The summed E-state index contributed by atoms with van der Waals surface area (Å²) in [5, 5.41) is 0. The molecule has 1 aliphatic carbocycles. The summed E-state index contributed by atoms with van der Waals surface area (Å²) in [6.07, 6.45) is 0.847. The molecule has 0 bridgehead atoms. The molecule has 15 heavy (non-hydrogen) atoms. The highest BCUT2D eigenvalue weighted by atomic mass is 19.4. The normalized spacial score (nSPS) is 31.5. The van der Waals surface area contributed by atoms with E-state index in [1.54, 1.807) is 0 Å². The summed E-state index contributed by atoms with van der Waals surface area (Å²) in [4.78, 5) is 12.1. The Kier molecular flexibility index (Phi) is 2.64. The van der Waals surface area contributed by atoms with Crippen molar-refractivity contribution >= 4 is 5.91 Å². The van der Waals surface area contributed by atoms with E-state index >= 15 is 0 Å². The molecule has 0 radical (unpaired) electrons. The van der Waals surface area contributed by atoms with E-state index in [2.05, 4.69) is 0 Å². The van der Waals surface area contributed by atoms with Crippen LogP contribution in [0.25, 0.3) is 0 Å². The van der Waals surface area contributed by atoms with Gasteiger partial charge < -0.3 is 4.90 Å². The summed E-state index contributed by atoms with van der Waals surface area (Å²) >= 11 is 0. The van der Waals surface area contributed by atoms with Gasteiger partial charge in [0.15, 0.2) is 0 Å². The molecule has 2 atom stereocenters. The first-order valence-electron chi connectivity index (χ1n) is 5.41. The molecule has 0 aromatic rings. The molecule has 2 aliphatic rings. The van der Waals surface area contributed by atoms with Crippen LogP contribution in [0.4, 0.5) is 13.2 Å². The smallest absolute Gasteiger partial charge is 0.325 e. The first-order valence-corrected chi connectivity index (χ1v) is 5.41. The quantitative estimate of drug-likeness (QED) is 0.575. The highest BCUT2D eigenvalue weighted by Crippen LogP contribution is 2.41. The van der Waals surface area contributed by atoms with Crippen molar-refractivity contribution in [1.29, 1.82) is 0 Å². The summed E-state index contributed by atoms with van der Waals surface area (Å²) < 4.78 is 36.6. The molecule has 0 aromatic heterocycles. The molecule has 1 heterocycles. The predicted molar refractivity (Wildman–Crippen MR) is 48.2 cm³/mol. The Morgan fingerprint density at radius 1 is 1.00 bits per heavy atom. The van der Waals surface area contributed by atoms with Gasteiger partial charge in [-0.1, -0.05) is 25.7 Å². The minimum atomic E-state index is -4.69. The van der Waals surface area contributed by atoms with Gasteiger partial charge in [0.25, 0.3) is 0 Å². The summed E-state index contributed by atoms with van der Waals surface area (Å²) in [7, 11) is 0. The van der Waals surface area contributed by atoms with Gasteiger partial charge in [0.1, 0.15) is 0 Å². The minimum absolute atomic E-state index is 0.126. The lowest BCUT2D eigenvalue weighted by atomic mass is 10.0. The molecule has 0 aromatic carbocycles. The van der Waals surface area contributed by atoms with Gasteiger partial charge in [-0.25, -0.2) is 0 Å². The SMILES string of the molecule is O=C(N1C2CCCCCCC21)C(F)(F)F. The van der Waals surface area contributed by atoms with Gasteiger partial charge in [-0.05, 0) is 12.8 Å². The summed E-state index contributed by atoms with van der Waals surface area (Å²) in [6.45, 7) is 0. The van der Waals surface area contributed by atoms with Crippen molar-refractivity contribution in [2.45, 2.75) is 56.8 Å². The van der Waals surface area contributed by atoms with Gasteiger partial charge in [0.05, 0.1) is 12.1 Å². The summed E-state index contributed by atoms with van der Waals surface area (Å²) in [5.41, 5.74) is 0. The van der Waals surface area contributed by atoms with Gasteiger partial charge in [-0.2, -0.15) is 13.2 Å². The number of nitrogens with zero attached hydrogens (tertiary/aromatic N) is 1. The van der Waals surface area contributed by atoms with Crippen LogP contribution < -0.4 is 0 Å². The zero-order chi connectivity index (χ0) is 11.1. The number of hydrogen-bond acceptors (Lipinski definition) is 1. The molecule has 0 N–H and O–H groups in total. The van der Waals surface area contributed by atoms with E-state index in [1.165, 1.54) is 0 Å². The molecule has 1 aliphatic heterocycles. The standard InChI is InChI=1S/C10H14F3NO/c11-10(12,13)9(15)14-7-5-3-1-2-4-6-8(7)14/h7-8H,1-6H2. The van der Waals surface area contributed by atoms with Crippen molar-refractivity contribution < 1.29 is 18.0 Å². The summed E-state index contributed by atoms with van der Waals surface area (Å²) in [5.74, 6) is -1.64. The molecule has 2 nitrogen and oxygen atoms in total. The highest BCUT2D eigenvalue weighted by Gasteiger charge is 2.57. The fourth-order valence-corrected chi connectivity index (χ4v) is 2.51. The number of fused-ring (bicyclic) bond motifs is 1. The van der Waals surface area contributed by atoms with E-state index in [0.717, 1.165) is 43.4 Å². The Bertz CT molecular complexity index is 250. The monoisotopic (exact) mass is 221 g/mol. The average Bonchev–Trinajstić information content (AvgIpc) is 2.73. The fourth-order valence-electron chi connectivity index (χ4n) is 2.51. The first-order chi connectivity index (χ1) is 7.02. The second kappa shape index (κ2) is 3.68. The molecule has 0 spiro atoms. The minimum Gasteiger partial charge on any atom is -0.325 e. The van der Waals surface area contributed by atoms with Crippen LogP contribution in [0.1, 0.15) is 38.5 Å². The van der Waals surface area contributed by atoms with Crippen molar-refractivity contribution in [3.05, 3.63) is 0 Å². The Morgan fingerprint density at radius 2 is 1.47 bits per heavy atom. The third kappa shape index (κ3) is 2.11. The van der Waals surface area contributed by atoms with Crippen LogP contribution in [0.2, 0.25) is 0 Å². The van der Waals surface area contributed by atoms with Gasteiger partial charge in [0.2, 0.25) is 0 Å². The predicted octanol–water partition coefficient (Wildman–Crippen LogP) is 2.48. The second-order valence-electron chi connectivity index (χ2n) is 4.34. The lowest BCUT2D eigenvalue weighted by Crippen LogP contribution is -2.31. The van der Waals surface area contributed by atoms with Crippen LogP contribution in [0.15, 0.2) is 0 Å². The molecule has 2 rings (SSSR count). The van der Waals surface area contributed by atoms with Crippen molar-refractivity contribution in [2.75, 3.05) is 0 Å². The molecule has 86 valence electrons. The van der Waals surface area contributed by atoms with Gasteiger partial charge in [0, 0.05) is 0 Å². The molecule has 1 saturated carbocycles. The third-order valence-corrected chi connectivity index (χ3v) is 3.30. The Hall–Kier alpha value is -0.740. The van der Waals surface area contributed by atoms with Gasteiger partial charge in [-0.15, -0.1) is 0 Å². The Labute approximate surface area is 86.4 Å². The molecule has 1 saturated heterocycles. The van der Waals surface area contributed by atoms with Crippen LogP contribution in [0.3, 0.4) is 0 Å². The number of carbonyl (C=O) groups is 1. The van der Waals surface area contributed by atoms with Crippen LogP contribution in [-0.2, 0) is 4.79 Å². The number of hydrogen-bond donors (Lipinski definition) is 0. The second-order valence-corrected chi connectivity index (χ2v) is 4.34. The van der Waals surface area contributed by atoms with Crippen molar-refractivity contribution in [1.82, 2.24) is 4.90 Å². The molecule has 2 fully saturated rings. The van der Waals surface area contributed by atoms with E-state index in [4.69, 9.17) is 0 Å². The van der Waals surface area contributed by atoms with Crippen LogP contribution in [0.5, 0.6) is 0 Å². The molecule has 1 amide bonds. The van der Waals surface area contributed by atoms with Crippen molar-refractivity contribution in [3.63, 3.8) is 0 Å². The lowest BCUT2D eigenvalue weighted by molar-refractivity contribution is -0.180. The maximum Gasteiger partial charge on any atom is 0.471 e. The zero-order valence-electron chi connectivity index (χ0n) is 8.39. The van der Waals surface area contributed by atoms with Crippen molar-refractivity contribution in [3.8, 4) is 0 Å². The summed E-state index contributed by atoms with van der Waals surface area (Å²) in [6, 6.07) is -0.251. The van der Waals surface area contributed by atoms with E-state index < -0.39 is 12.1 Å². The Balaban J connectivity index is 1.98. The molecular formula is C10H14F3NO. The largest absolute Gasteiger partial charge is 0.471 e.